The summed E-state index contributed by atoms with van der Waals surface area (Å²) in [6.07, 6.45) is -4.66. The summed E-state index contributed by atoms with van der Waals surface area (Å²) in [7, 11) is 0. The predicted octanol–water partition coefficient (Wildman–Crippen LogP) is 5.66. The van der Waals surface area contributed by atoms with Crippen LogP contribution in [-0.4, -0.2) is 11.9 Å². The molecule has 5 nitrogen and oxygen atoms in total. The molecule has 0 aliphatic carbocycles. The van der Waals surface area contributed by atoms with E-state index in [-0.39, 0.29) is 11.4 Å². The van der Waals surface area contributed by atoms with E-state index in [1.807, 2.05) is 0 Å². The summed E-state index contributed by atoms with van der Waals surface area (Å²) in [4.78, 5) is 24.5. The van der Waals surface area contributed by atoms with Crippen LogP contribution in [0.2, 0.25) is 0 Å². The fourth-order valence-corrected chi connectivity index (χ4v) is 3.05. The second-order valence-corrected chi connectivity index (χ2v) is 6.55. The van der Waals surface area contributed by atoms with Crippen molar-refractivity contribution in [3.8, 4) is 0 Å². The zero-order chi connectivity index (χ0) is 20.1. The Morgan fingerprint density at radius 2 is 1.43 bits per heavy atom. The summed E-state index contributed by atoms with van der Waals surface area (Å²) in [5.41, 5.74) is -1.12. The van der Waals surface area contributed by atoms with Crippen molar-refractivity contribution in [2.45, 2.75) is 6.18 Å². The number of carbonyl (C=O) groups is 2. The number of carbonyl (C=O) groups excluding carboxylic acids is 2. The van der Waals surface area contributed by atoms with Gasteiger partial charge in [0, 0.05) is 0 Å². The number of benzene rings is 2. The molecule has 0 unspecified atom stereocenters. The van der Waals surface area contributed by atoms with E-state index in [0.29, 0.717) is 5.00 Å². The lowest BCUT2D eigenvalue weighted by atomic mass is 10.1. The molecular formula is C19H14F3N3O2S. The maximum atomic E-state index is 13.1. The van der Waals surface area contributed by atoms with Gasteiger partial charge in [-0.1, -0.05) is 24.3 Å². The van der Waals surface area contributed by atoms with Gasteiger partial charge in [0.2, 0.25) is 0 Å². The van der Waals surface area contributed by atoms with E-state index < -0.39 is 29.2 Å². The molecule has 0 aliphatic heterocycles. The standard InChI is InChI=1S/C19H14F3N3O2S/c20-19(21,22)13-7-2-1-6-12(13)17(26)23-14-8-3-4-9-15(14)24-18(27)25-16-10-5-11-28-16/h1-11H,(H,23,26)(H2,24,25,27). The second-order valence-electron chi connectivity index (χ2n) is 5.60. The van der Waals surface area contributed by atoms with Gasteiger partial charge in [0.05, 0.1) is 27.5 Å². The van der Waals surface area contributed by atoms with E-state index in [1.165, 1.54) is 35.6 Å². The number of alkyl halides is 3. The van der Waals surface area contributed by atoms with Gasteiger partial charge in [-0.2, -0.15) is 13.2 Å². The van der Waals surface area contributed by atoms with Gasteiger partial charge in [0.1, 0.15) is 0 Å². The topological polar surface area (TPSA) is 70.2 Å². The van der Waals surface area contributed by atoms with E-state index in [4.69, 9.17) is 0 Å². The molecular weight excluding hydrogens is 391 g/mol. The number of nitrogens with one attached hydrogen (secondary N) is 3. The Kier molecular flexibility index (Phi) is 5.65. The van der Waals surface area contributed by atoms with Gasteiger partial charge in [-0.15, -0.1) is 11.3 Å². The summed E-state index contributed by atoms with van der Waals surface area (Å²) < 4.78 is 39.4. The molecule has 2 aromatic carbocycles. The minimum absolute atomic E-state index is 0.172. The fourth-order valence-electron chi connectivity index (χ4n) is 2.43. The molecule has 9 heteroatoms. The highest BCUT2D eigenvalue weighted by molar-refractivity contribution is 7.14. The number of hydrogen-bond donors (Lipinski definition) is 3. The lowest BCUT2D eigenvalue weighted by molar-refractivity contribution is -0.137. The average molecular weight is 405 g/mol. The van der Waals surface area contributed by atoms with Gasteiger partial charge >= 0.3 is 12.2 Å². The molecule has 3 aromatic rings. The maximum absolute atomic E-state index is 13.1. The Morgan fingerprint density at radius 1 is 0.786 bits per heavy atom. The number of hydrogen-bond acceptors (Lipinski definition) is 3. The lowest BCUT2D eigenvalue weighted by Crippen LogP contribution is -2.22. The van der Waals surface area contributed by atoms with Crippen molar-refractivity contribution in [1.82, 2.24) is 0 Å². The normalized spacial score (nSPS) is 11.0. The first-order chi connectivity index (χ1) is 13.3. The molecule has 0 saturated heterocycles. The van der Waals surface area contributed by atoms with Crippen LogP contribution in [0.4, 0.5) is 34.3 Å². The van der Waals surface area contributed by atoms with E-state index >= 15 is 0 Å². The summed E-state index contributed by atoms with van der Waals surface area (Å²) in [6, 6.07) is 13.7. The van der Waals surface area contributed by atoms with Crippen LogP contribution in [0.15, 0.2) is 66.0 Å². The van der Waals surface area contributed by atoms with E-state index in [1.54, 1.807) is 29.6 Å². The molecule has 28 heavy (non-hydrogen) atoms. The summed E-state index contributed by atoms with van der Waals surface area (Å²) in [6.45, 7) is 0. The first-order valence-corrected chi connectivity index (χ1v) is 8.90. The van der Waals surface area contributed by atoms with Crippen molar-refractivity contribution < 1.29 is 22.8 Å². The maximum Gasteiger partial charge on any atom is 0.417 e. The molecule has 3 N–H and O–H groups in total. The van der Waals surface area contributed by atoms with Gasteiger partial charge in [0.15, 0.2) is 0 Å². The zero-order valence-electron chi connectivity index (χ0n) is 14.2. The smallest absolute Gasteiger partial charge is 0.320 e. The number of anilines is 3. The van der Waals surface area contributed by atoms with Crippen LogP contribution in [0.1, 0.15) is 15.9 Å². The Hall–Kier alpha value is -3.33. The van der Waals surface area contributed by atoms with Gasteiger partial charge in [-0.25, -0.2) is 4.79 Å². The minimum atomic E-state index is -4.66. The van der Waals surface area contributed by atoms with Crippen molar-refractivity contribution in [1.29, 1.82) is 0 Å². The van der Waals surface area contributed by atoms with Crippen molar-refractivity contribution in [2.75, 3.05) is 16.0 Å². The molecule has 1 aromatic heterocycles. The molecule has 144 valence electrons. The van der Waals surface area contributed by atoms with Crippen LogP contribution in [0.3, 0.4) is 0 Å². The van der Waals surface area contributed by atoms with E-state index in [0.717, 1.165) is 12.1 Å². The molecule has 0 saturated carbocycles. The van der Waals surface area contributed by atoms with Crippen LogP contribution in [0.5, 0.6) is 0 Å². The number of halogens is 3. The third-order valence-corrected chi connectivity index (χ3v) is 4.44. The van der Waals surface area contributed by atoms with E-state index in [9.17, 15) is 22.8 Å². The van der Waals surface area contributed by atoms with Gasteiger partial charge in [-0.3, -0.25) is 10.1 Å². The highest BCUT2D eigenvalue weighted by Gasteiger charge is 2.34. The number of para-hydroxylation sites is 2. The first kappa shape index (κ1) is 19.4. The quantitative estimate of drug-likeness (QED) is 0.524. The molecule has 0 radical (unpaired) electrons. The molecule has 3 amide bonds. The minimum Gasteiger partial charge on any atom is -0.320 e. The monoisotopic (exact) mass is 405 g/mol. The third kappa shape index (κ3) is 4.68. The van der Waals surface area contributed by atoms with Crippen LogP contribution in [0, 0.1) is 0 Å². The Balaban J connectivity index is 1.79. The van der Waals surface area contributed by atoms with Crippen LogP contribution < -0.4 is 16.0 Å². The Labute approximate surface area is 162 Å². The Morgan fingerprint density at radius 3 is 2.07 bits per heavy atom. The molecule has 0 aliphatic rings. The van der Waals surface area contributed by atoms with Crippen molar-refractivity contribution >= 4 is 39.7 Å². The number of rotatable bonds is 4. The first-order valence-electron chi connectivity index (χ1n) is 8.03. The molecule has 0 atom stereocenters. The molecule has 0 fully saturated rings. The van der Waals surface area contributed by atoms with E-state index in [2.05, 4.69) is 16.0 Å². The fraction of sp³-hybridized carbons (Fsp3) is 0.0526. The van der Waals surface area contributed by atoms with Crippen molar-refractivity contribution in [3.05, 3.63) is 77.2 Å². The van der Waals surface area contributed by atoms with Crippen molar-refractivity contribution in [3.63, 3.8) is 0 Å². The molecule has 1 heterocycles. The average Bonchev–Trinajstić information content (AvgIpc) is 3.15. The van der Waals surface area contributed by atoms with Gasteiger partial charge in [0.25, 0.3) is 5.91 Å². The third-order valence-electron chi connectivity index (χ3n) is 3.66. The van der Waals surface area contributed by atoms with Gasteiger partial charge in [-0.05, 0) is 41.8 Å². The number of thiophene rings is 1. The van der Waals surface area contributed by atoms with Gasteiger partial charge < -0.3 is 10.6 Å². The SMILES string of the molecule is O=C(Nc1cccs1)Nc1ccccc1NC(=O)c1ccccc1C(F)(F)F. The molecule has 3 rings (SSSR count). The lowest BCUT2D eigenvalue weighted by Gasteiger charge is -2.15. The van der Waals surface area contributed by atoms with Crippen LogP contribution in [-0.2, 0) is 6.18 Å². The summed E-state index contributed by atoms with van der Waals surface area (Å²) in [5, 5.41) is 10.0. The molecule has 0 spiro atoms. The predicted molar refractivity (Wildman–Crippen MR) is 103 cm³/mol. The van der Waals surface area contributed by atoms with Crippen LogP contribution >= 0.6 is 11.3 Å². The summed E-state index contributed by atoms with van der Waals surface area (Å²) >= 11 is 1.33. The highest BCUT2D eigenvalue weighted by Crippen LogP contribution is 2.32. The highest BCUT2D eigenvalue weighted by atomic mass is 32.1. The largest absolute Gasteiger partial charge is 0.417 e. The number of urea groups is 1. The Bertz CT molecular complexity index is 988. The molecule has 0 bridgehead atoms. The summed E-state index contributed by atoms with van der Waals surface area (Å²) in [5.74, 6) is -0.930. The van der Waals surface area contributed by atoms with Crippen LogP contribution in [0.25, 0.3) is 0 Å². The second kappa shape index (κ2) is 8.13. The zero-order valence-corrected chi connectivity index (χ0v) is 15.0. The van der Waals surface area contributed by atoms with Crippen molar-refractivity contribution in [2.24, 2.45) is 0 Å². The number of amides is 3.